The third-order valence-corrected chi connectivity index (χ3v) is 10.6. The van der Waals surface area contributed by atoms with Gasteiger partial charge in [0.25, 0.3) is 0 Å². The normalized spacial score (nSPS) is 29.0. The molecular formula is C34H27Cl2FN2O6. The smallest absolute Gasteiger partial charge is 0.241 e. The summed E-state index contributed by atoms with van der Waals surface area (Å²) in [7, 11) is 1.42. The van der Waals surface area contributed by atoms with E-state index in [4.69, 9.17) is 27.9 Å². The van der Waals surface area contributed by atoms with E-state index in [1.165, 1.54) is 30.2 Å². The van der Waals surface area contributed by atoms with Crippen molar-refractivity contribution < 1.29 is 33.4 Å². The van der Waals surface area contributed by atoms with Crippen molar-refractivity contribution in [1.82, 2.24) is 0 Å². The minimum atomic E-state index is -1.34. The molecule has 2 aliphatic heterocycles. The summed E-state index contributed by atoms with van der Waals surface area (Å²) < 4.78 is 19.3. The van der Waals surface area contributed by atoms with Gasteiger partial charge >= 0.3 is 0 Å². The van der Waals surface area contributed by atoms with Gasteiger partial charge < -0.3 is 9.84 Å². The highest BCUT2D eigenvalue weighted by molar-refractivity contribution is 6.32. The summed E-state index contributed by atoms with van der Waals surface area (Å²) in [6, 6.07) is 15.0. The van der Waals surface area contributed by atoms with Gasteiger partial charge in [0.05, 0.1) is 46.7 Å². The van der Waals surface area contributed by atoms with E-state index in [0.29, 0.717) is 16.3 Å². The van der Waals surface area contributed by atoms with Gasteiger partial charge in [0.2, 0.25) is 23.6 Å². The van der Waals surface area contributed by atoms with E-state index in [0.717, 1.165) is 16.5 Å². The highest BCUT2D eigenvalue weighted by Gasteiger charge is 2.67. The summed E-state index contributed by atoms with van der Waals surface area (Å²) in [5.41, 5.74) is 0.532. The maximum Gasteiger partial charge on any atom is 0.241 e. The first kappa shape index (κ1) is 29.5. The number of hydrogen-bond acceptors (Lipinski definition) is 6. The van der Waals surface area contributed by atoms with Crippen LogP contribution in [0.5, 0.6) is 11.5 Å². The van der Waals surface area contributed by atoms with E-state index in [1.807, 2.05) is 6.08 Å². The largest absolute Gasteiger partial charge is 0.504 e. The van der Waals surface area contributed by atoms with Gasteiger partial charge in [-0.05, 0) is 85.8 Å². The second-order valence-corrected chi connectivity index (χ2v) is 13.0. The van der Waals surface area contributed by atoms with Gasteiger partial charge in [-0.25, -0.2) is 9.29 Å². The van der Waals surface area contributed by atoms with Crippen molar-refractivity contribution >= 4 is 58.2 Å². The van der Waals surface area contributed by atoms with Gasteiger partial charge in [0, 0.05) is 10.9 Å². The summed E-state index contributed by atoms with van der Waals surface area (Å²) in [6.07, 6.45) is 2.33. The Balaban J connectivity index is 1.37. The van der Waals surface area contributed by atoms with Crippen LogP contribution in [0, 0.1) is 34.9 Å². The molecule has 11 heteroatoms. The maximum absolute atomic E-state index is 14.5. The van der Waals surface area contributed by atoms with Crippen LogP contribution in [-0.4, -0.2) is 35.8 Å². The zero-order valence-electron chi connectivity index (χ0n) is 24.2. The molecule has 8 nitrogen and oxygen atoms in total. The van der Waals surface area contributed by atoms with E-state index in [1.54, 1.807) is 43.3 Å². The van der Waals surface area contributed by atoms with Gasteiger partial charge in [0.15, 0.2) is 11.5 Å². The number of allylic oxidation sites excluding steroid dienone is 2. The molecule has 4 aliphatic rings. The third-order valence-electron chi connectivity index (χ3n) is 10.1. The molecule has 1 N–H and O–H groups in total. The Labute approximate surface area is 268 Å². The predicted octanol–water partition coefficient (Wildman–Crippen LogP) is 6.28. The van der Waals surface area contributed by atoms with Crippen molar-refractivity contribution in [2.45, 2.75) is 25.7 Å². The quantitative estimate of drug-likeness (QED) is 0.264. The lowest BCUT2D eigenvalue weighted by atomic mass is 9.51. The molecule has 2 saturated heterocycles. The summed E-state index contributed by atoms with van der Waals surface area (Å²) in [5, 5.41) is 11.0. The average molecular weight is 650 g/mol. The number of carbonyl (C=O) groups is 4. The standard InChI is InChI=1S/C34H27Cl2FN2O6/c1-34-23(31(42)39(33(34)44)19-8-11-25(37)24(36)14-19)15-22-20(29(34)16-3-12-27(45-2)26(40)13-16)9-10-21-28(22)32(43)38(30(21)41)18-6-4-17(35)5-7-18/h3-9,11-14,21-23,28-29,40H,10,15H2,1-2H3. The highest BCUT2D eigenvalue weighted by Crippen LogP contribution is 2.64. The third kappa shape index (κ3) is 4.17. The summed E-state index contributed by atoms with van der Waals surface area (Å²) in [6.45, 7) is 1.72. The van der Waals surface area contributed by atoms with Crippen molar-refractivity contribution in [1.29, 1.82) is 0 Å². The summed E-state index contributed by atoms with van der Waals surface area (Å²) in [5.74, 6) is -5.87. The number of hydrogen-bond donors (Lipinski definition) is 1. The molecule has 6 unspecified atom stereocenters. The molecule has 3 aromatic rings. The van der Waals surface area contributed by atoms with Crippen molar-refractivity contribution in [3.05, 3.63) is 93.7 Å². The lowest BCUT2D eigenvalue weighted by molar-refractivity contribution is -0.131. The van der Waals surface area contributed by atoms with E-state index >= 15 is 0 Å². The Bertz CT molecular complexity index is 1840. The van der Waals surface area contributed by atoms with E-state index < -0.39 is 52.6 Å². The van der Waals surface area contributed by atoms with Crippen LogP contribution >= 0.6 is 23.2 Å². The Hall–Kier alpha value is -4.21. The minimum Gasteiger partial charge on any atom is -0.504 e. The Morgan fingerprint density at radius 2 is 1.60 bits per heavy atom. The SMILES string of the molecule is COc1ccc(C2C3=CCC4C(=O)N(c5ccc(Cl)cc5)C(=O)C4C3CC3C(=O)N(c4ccc(F)c(Cl)c4)C(=O)C32C)cc1O. The molecule has 3 aromatic carbocycles. The lowest BCUT2D eigenvalue weighted by Crippen LogP contribution is -2.48. The Morgan fingerprint density at radius 3 is 2.27 bits per heavy atom. The fourth-order valence-corrected chi connectivity index (χ4v) is 8.30. The second-order valence-electron chi connectivity index (χ2n) is 12.2. The first-order valence-corrected chi connectivity index (χ1v) is 15.3. The number of phenolic OH excluding ortho intramolecular Hbond substituents is 1. The molecule has 0 bridgehead atoms. The van der Waals surface area contributed by atoms with E-state index in [2.05, 4.69) is 0 Å². The number of carbonyl (C=O) groups excluding carboxylic acids is 4. The number of ether oxygens (including phenoxy) is 1. The molecule has 6 atom stereocenters. The number of fused-ring (bicyclic) bond motifs is 4. The fraction of sp³-hybridized carbons (Fsp3) is 0.294. The van der Waals surface area contributed by atoms with Crippen molar-refractivity contribution in [2.75, 3.05) is 16.9 Å². The van der Waals surface area contributed by atoms with Crippen molar-refractivity contribution in [3.8, 4) is 11.5 Å². The highest BCUT2D eigenvalue weighted by atomic mass is 35.5. The number of methoxy groups -OCH3 is 1. The number of phenols is 1. The van der Waals surface area contributed by atoms with Crippen LogP contribution in [-0.2, 0) is 19.2 Å². The molecule has 45 heavy (non-hydrogen) atoms. The van der Waals surface area contributed by atoms with Crippen LogP contribution < -0.4 is 14.5 Å². The monoisotopic (exact) mass is 648 g/mol. The number of aromatic hydroxyl groups is 1. The van der Waals surface area contributed by atoms with Crippen LogP contribution in [0.15, 0.2) is 72.3 Å². The van der Waals surface area contributed by atoms with Gasteiger partial charge in [-0.2, -0.15) is 0 Å². The molecule has 3 fully saturated rings. The number of rotatable bonds is 4. The molecule has 230 valence electrons. The lowest BCUT2D eigenvalue weighted by Gasteiger charge is -2.49. The minimum absolute atomic E-state index is 0.138. The molecule has 0 aromatic heterocycles. The first-order chi connectivity index (χ1) is 21.5. The van der Waals surface area contributed by atoms with Gasteiger partial charge in [0.1, 0.15) is 5.82 Å². The zero-order valence-corrected chi connectivity index (χ0v) is 25.7. The van der Waals surface area contributed by atoms with Gasteiger partial charge in [-0.15, -0.1) is 0 Å². The summed E-state index contributed by atoms with van der Waals surface area (Å²) in [4.78, 5) is 58.8. The number of amides is 4. The van der Waals surface area contributed by atoms with E-state index in [9.17, 15) is 28.7 Å². The van der Waals surface area contributed by atoms with Crippen LogP contribution in [0.3, 0.4) is 0 Å². The topological polar surface area (TPSA) is 104 Å². The number of imide groups is 2. The molecular weight excluding hydrogens is 622 g/mol. The molecule has 0 spiro atoms. The number of halogens is 3. The Kier molecular flexibility index (Phi) is 6.83. The van der Waals surface area contributed by atoms with Gasteiger partial charge in [-0.1, -0.05) is 40.9 Å². The first-order valence-electron chi connectivity index (χ1n) is 14.5. The zero-order chi connectivity index (χ0) is 31.9. The molecule has 2 heterocycles. The van der Waals surface area contributed by atoms with Crippen LogP contribution in [0.1, 0.15) is 31.2 Å². The average Bonchev–Trinajstić information content (AvgIpc) is 3.38. The fourth-order valence-electron chi connectivity index (χ4n) is 8.00. The molecule has 0 radical (unpaired) electrons. The molecule has 7 rings (SSSR count). The summed E-state index contributed by atoms with van der Waals surface area (Å²) >= 11 is 12.1. The molecule has 1 saturated carbocycles. The van der Waals surface area contributed by atoms with Crippen LogP contribution in [0.4, 0.5) is 15.8 Å². The number of benzene rings is 3. The number of nitrogens with zero attached hydrogens (tertiary/aromatic N) is 2. The van der Waals surface area contributed by atoms with Gasteiger partial charge in [-0.3, -0.25) is 24.1 Å². The predicted molar refractivity (Wildman–Crippen MR) is 165 cm³/mol. The Morgan fingerprint density at radius 1 is 0.889 bits per heavy atom. The second kappa shape index (κ2) is 10.4. The van der Waals surface area contributed by atoms with Crippen LogP contribution in [0.2, 0.25) is 10.0 Å². The molecule has 2 aliphatic carbocycles. The number of anilines is 2. The van der Waals surface area contributed by atoms with Crippen LogP contribution in [0.25, 0.3) is 0 Å². The van der Waals surface area contributed by atoms with Crippen molar-refractivity contribution in [3.63, 3.8) is 0 Å². The molecule has 4 amide bonds. The van der Waals surface area contributed by atoms with E-state index in [-0.39, 0.29) is 46.9 Å². The van der Waals surface area contributed by atoms with Crippen molar-refractivity contribution in [2.24, 2.45) is 29.1 Å². The maximum atomic E-state index is 14.5.